The van der Waals surface area contributed by atoms with Crippen LogP contribution in [0.15, 0.2) is 47.6 Å². The average Bonchev–Trinajstić information content (AvgIpc) is 2.99. The van der Waals surface area contributed by atoms with E-state index >= 15 is 0 Å². The van der Waals surface area contributed by atoms with E-state index < -0.39 is 0 Å². The number of halogens is 1. The Balaban J connectivity index is 1.50. The van der Waals surface area contributed by atoms with E-state index in [-0.39, 0.29) is 5.82 Å². The maximum Gasteiger partial charge on any atom is 0.191 e. The first kappa shape index (κ1) is 19.1. The molecule has 27 heavy (non-hydrogen) atoms. The van der Waals surface area contributed by atoms with Gasteiger partial charge in [0.15, 0.2) is 5.96 Å². The first-order valence-electron chi connectivity index (χ1n) is 9.64. The van der Waals surface area contributed by atoms with Gasteiger partial charge in [0.25, 0.3) is 0 Å². The minimum atomic E-state index is -0.214. The predicted molar refractivity (Wildman–Crippen MR) is 108 cm³/mol. The summed E-state index contributed by atoms with van der Waals surface area (Å²) in [6, 6.07) is 10.9. The molecule has 0 atom stereocenters. The van der Waals surface area contributed by atoms with Gasteiger partial charge >= 0.3 is 0 Å². The monoisotopic (exact) mass is 369 g/mol. The molecule has 6 heteroatoms. The standard InChI is InChI=1S/C21H28FN5/c1-23-21(26-16-18-8-4-5-9-19(18)22)25-15-17-10-11-20(24-14-17)27-12-6-2-3-7-13-27/h4-5,8-11,14H,2-3,6-7,12-13,15-16H2,1H3,(H2,23,25,26). The lowest BCUT2D eigenvalue weighted by atomic mass is 10.2. The fourth-order valence-corrected chi connectivity index (χ4v) is 3.24. The summed E-state index contributed by atoms with van der Waals surface area (Å²) in [6.45, 7) is 3.19. The molecule has 0 amide bonds. The highest BCUT2D eigenvalue weighted by molar-refractivity contribution is 5.79. The van der Waals surface area contributed by atoms with E-state index in [0.717, 1.165) is 24.5 Å². The molecule has 0 bridgehead atoms. The van der Waals surface area contributed by atoms with E-state index in [1.165, 1.54) is 31.7 Å². The molecule has 1 aromatic carbocycles. The second-order valence-electron chi connectivity index (χ2n) is 6.80. The van der Waals surface area contributed by atoms with Gasteiger partial charge in [-0.25, -0.2) is 9.37 Å². The Morgan fingerprint density at radius 3 is 2.44 bits per heavy atom. The molecule has 144 valence electrons. The third-order valence-electron chi connectivity index (χ3n) is 4.83. The number of hydrogen-bond acceptors (Lipinski definition) is 3. The first-order valence-corrected chi connectivity index (χ1v) is 9.64. The Bertz CT molecular complexity index is 736. The zero-order valence-electron chi connectivity index (χ0n) is 15.9. The summed E-state index contributed by atoms with van der Waals surface area (Å²) >= 11 is 0. The molecular weight excluding hydrogens is 341 g/mol. The maximum atomic E-state index is 13.7. The number of pyridine rings is 1. The Labute approximate surface area is 160 Å². The van der Waals surface area contributed by atoms with E-state index in [9.17, 15) is 4.39 Å². The average molecular weight is 369 g/mol. The predicted octanol–water partition coefficient (Wildman–Crippen LogP) is 3.47. The summed E-state index contributed by atoms with van der Waals surface area (Å²) in [7, 11) is 1.71. The van der Waals surface area contributed by atoms with Crippen molar-refractivity contribution in [2.45, 2.75) is 38.8 Å². The summed E-state index contributed by atoms with van der Waals surface area (Å²) in [5.74, 6) is 1.48. The van der Waals surface area contributed by atoms with Crippen LogP contribution in [0.25, 0.3) is 0 Å². The quantitative estimate of drug-likeness (QED) is 0.626. The molecule has 2 N–H and O–H groups in total. The zero-order chi connectivity index (χ0) is 18.9. The second-order valence-corrected chi connectivity index (χ2v) is 6.80. The molecule has 5 nitrogen and oxygen atoms in total. The number of aromatic nitrogens is 1. The number of nitrogens with one attached hydrogen (secondary N) is 2. The molecule has 2 heterocycles. The van der Waals surface area contributed by atoms with Gasteiger partial charge in [0.2, 0.25) is 0 Å². The van der Waals surface area contributed by atoms with Crippen LogP contribution in [0.5, 0.6) is 0 Å². The molecule has 2 aromatic rings. The normalized spacial score (nSPS) is 15.3. The first-order chi connectivity index (χ1) is 13.3. The van der Waals surface area contributed by atoms with Crippen LogP contribution in [0, 0.1) is 5.82 Å². The molecule has 1 aromatic heterocycles. The topological polar surface area (TPSA) is 52.6 Å². The number of nitrogens with zero attached hydrogens (tertiary/aromatic N) is 3. The molecule has 0 unspecified atom stereocenters. The van der Waals surface area contributed by atoms with Gasteiger partial charge < -0.3 is 15.5 Å². The van der Waals surface area contributed by atoms with Crippen LogP contribution in [0.2, 0.25) is 0 Å². The van der Waals surface area contributed by atoms with Crippen molar-refractivity contribution in [3.8, 4) is 0 Å². The van der Waals surface area contributed by atoms with Crippen molar-refractivity contribution >= 4 is 11.8 Å². The molecular formula is C21H28FN5. The van der Waals surface area contributed by atoms with Gasteiger partial charge in [0.05, 0.1) is 0 Å². The van der Waals surface area contributed by atoms with Crippen LogP contribution in [0.3, 0.4) is 0 Å². The smallest absolute Gasteiger partial charge is 0.191 e. The third-order valence-corrected chi connectivity index (χ3v) is 4.83. The third kappa shape index (κ3) is 5.67. The van der Waals surface area contributed by atoms with E-state index in [1.807, 2.05) is 12.3 Å². The number of rotatable bonds is 5. The number of aliphatic imine (C=N–C) groups is 1. The largest absolute Gasteiger partial charge is 0.357 e. The minimum absolute atomic E-state index is 0.214. The highest BCUT2D eigenvalue weighted by Crippen LogP contribution is 2.17. The van der Waals surface area contributed by atoms with E-state index in [0.29, 0.717) is 24.6 Å². The Kier molecular flexibility index (Phi) is 7.02. The molecule has 1 fully saturated rings. The Hall–Kier alpha value is -2.63. The number of guanidine groups is 1. The highest BCUT2D eigenvalue weighted by atomic mass is 19.1. The molecule has 0 radical (unpaired) electrons. The van der Waals surface area contributed by atoms with Crippen LogP contribution < -0.4 is 15.5 Å². The van der Waals surface area contributed by atoms with Crippen LogP contribution in [0.1, 0.15) is 36.8 Å². The number of hydrogen-bond donors (Lipinski definition) is 2. The summed E-state index contributed by atoms with van der Waals surface area (Å²) in [5, 5.41) is 6.38. The van der Waals surface area contributed by atoms with E-state index in [2.05, 4.69) is 37.6 Å². The summed E-state index contributed by atoms with van der Waals surface area (Å²) in [6.07, 6.45) is 7.04. The second kappa shape index (κ2) is 9.90. The van der Waals surface area contributed by atoms with Crippen molar-refractivity contribution in [1.29, 1.82) is 0 Å². The lowest BCUT2D eigenvalue weighted by Crippen LogP contribution is -2.36. The summed E-state index contributed by atoms with van der Waals surface area (Å²) < 4.78 is 13.7. The van der Waals surface area contributed by atoms with Crippen LogP contribution in [-0.4, -0.2) is 31.1 Å². The van der Waals surface area contributed by atoms with Gasteiger partial charge in [-0.1, -0.05) is 37.1 Å². The lowest BCUT2D eigenvalue weighted by Gasteiger charge is -2.21. The lowest BCUT2D eigenvalue weighted by molar-refractivity contribution is 0.604. The van der Waals surface area contributed by atoms with Gasteiger partial charge in [0.1, 0.15) is 11.6 Å². The van der Waals surface area contributed by atoms with Crippen molar-refractivity contribution in [2.75, 3.05) is 25.0 Å². The van der Waals surface area contributed by atoms with Crippen LogP contribution in [-0.2, 0) is 13.1 Å². The summed E-state index contributed by atoms with van der Waals surface area (Å²) in [4.78, 5) is 11.2. The van der Waals surface area contributed by atoms with E-state index in [4.69, 9.17) is 0 Å². The molecule has 0 aliphatic carbocycles. The Morgan fingerprint density at radius 1 is 1.04 bits per heavy atom. The SMILES string of the molecule is CN=C(NCc1ccc(N2CCCCCC2)nc1)NCc1ccccc1F. The maximum absolute atomic E-state index is 13.7. The van der Waals surface area contributed by atoms with Crippen molar-refractivity contribution in [3.63, 3.8) is 0 Å². The van der Waals surface area contributed by atoms with Crippen molar-refractivity contribution in [1.82, 2.24) is 15.6 Å². The van der Waals surface area contributed by atoms with Gasteiger partial charge in [-0.15, -0.1) is 0 Å². The minimum Gasteiger partial charge on any atom is -0.357 e. The molecule has 1 aliphatic heterocycles. The van der Waals surface area contributed by atoms with Crippen molar-refractivity contribution < 1.29 is 4.39 Å². The molecule has 3 rings (SSSR count). The van der Waals surface area contributed by atoms with Crippen molar-refractivity contribution in [2.24, 2.45) is 4.99 Å². The highest BCUT2D eigenvalue weighted by Gasteiger charge is 2.11. The fraction of sp³-hybridized carbons (Fsp3) is 0.429. The van der Waals surface area contributed by atoms with E-state index in [1.54, 1.807) is 19.2 Å². The molecule has 0 spiro atoms. The van der Waals surface area contributed by atoms with Gasteiger partial charge in [-0.3, -0.25) is 4.99 Å². The fourth-order valence-electron chi connectivity index (χ4n) is 3.24. The van der Waals surface area contributed by atoms with Crippen LogP contribution in [0.4, 0.5) is 10.2 Å². The number of benzene rings is 1. The van der Waals surface area contributed by atoms with Gasteiger partial charge in [-0.2, -0.15) is 0 Å². The van der Waals surface area contributed by atoms with Gasteiger partial charge in [-0.05, 0) is 30.5 Å². The molecule has 1 aliphatic rings. The van der Waals surface area contributed by atoms with Crippen LogP contribution >= 0.6 is 0 Å². The zero-order valence-corrected chi connectivity index (χ0v) is 15.9. The Morgan fingerprint density at radius 2 is 1.78 bits per heavy atom. The molecule has 1 saturated heterocycles. The summed E-state index contributed by atoms with van der Waals surface area (Å²) in [5.41, 5.74) is 1.70. The molecule has 0 saturated carbocycles. The van der Waals surface area contributed by atoms with Crippen molar-refractivity contribution in [3.05, 3.63) is 59.5 Å². The van der Waals surface area contributed by atoms with Gasteiger partial charge in [0, 0.05) is 45.0 Å². The number of anilines is 1.